The summed E-state index contributed by atoms with van der Waals surface area (Å²) in [5.74, 6) is 0.414. The van der Waals surface area contributed by atoms with Crippen molar-refractivity contribution in [1.82, 2.24) is 4.98 Å². The summed E-state index contributed by atoms with van der Waals surface area (Å²) in [6, 6.07) is 16.0. The minimum atomic E-state index is -0.849. The Morgan fingerprint density at radius 2 is 1.71 bits per heavy atom. The van der Waals surface area contributed by atoms with E-state index in [1.807, 2.05) is 0 Å². The highest BCUT2D eigenvalue weighted by molar-refractivity contribution is 5.85. The minimum Gasteiger partial charge on any atom is -0.457 e. The number of H-pyrrole nitrogens is 1. The maximum Gasteiger partial charge on any atom is 0.277 e. The summed E-state index contributed by atoms with van der Waals surface area (Å²) in [4.78, 5) is 25.2. The second-order valence-electron chi connectivity index (χ2n) is 5.57. The molecule has 0 saturated heterocycles. The van der Waals surface area contributed by atoms with E-state index in [4.69, 9.17) is 10.5 Å². The first-order chi connectivity index (χ1) is 13.5. The lowest BCUT2D eigenvalue weighted by atomic mass is 9.95. The van der Waals surface area contributed by atoms with Gasteiger partial charge in [0.25, 0.3) is 11.2 Å². The van der Waals surface area contributed by atoms with Crippen LogP contribution in [0, 0.1) is 32.8 Å². The van der Waals surface area contributed by atoms with Crippen molar-refractivity contribution in [1.29, 1.82) is 10.5 Å². The molecule has 3 N–H and O–H groups in total. The van der Waals surface area contributed by atoms with Gasteiger partial charge in [0.05, 0.1) is 10.5 Å². The van der Waals surface area contributed by atoms with E-state index in [0.29, 0.717) is 5.75 Å². The van der Waals surface area contributed by atoms with Gasteiger partial charge in [0.2, 0.25) is 0 Å². The molecule has 0 saturated carbocycles. The molecule has 0 fully saturated rings. The summed E-state index contributed by atoms with van der Waals surface area (Å²) in [6.07, 6.45) is 0. The molecule has 136 valence electrons. The predicted octanol–water partition coefficient (Wildman–Crippen LogP) is 3.07. The number of ether oxygens (including phenoxy) is 1. The Balaban J connectivity index is 2.31. The Kier molecular flexibility index (Phi) is 4.75. The molecule has 1 aromatic heterocycles. The van der Waals surface area contributed by atoms with E-state index < -0.39 is 21.7 Å². The number of pyridine rings is 1. The molecular formula is C19H11N5O4. The van der Waals surface area contributed by atoms with Crippen LogP contribution >= 0.6 is 0 Å². The molecule has 9 nitrogen and oxygen atoms in total. The molecule has 1 heterocycles. The number of nitrogen functional groups attached to an aromatic ring is 1. The fourth-order valence-electron chi connectivity index (χ4n) is 2.68. The third kappa shape index (κ3) is 3.23. The number of aromatic nitrogens is 1. The number of hydrogen-bond donors (Lipinski definition) is 2. The number of nitrogens with two attached hydrogens (primary N) is 1. The van der Waals surface area contributed by atoms with Crippen molar-refractivity contribution < 1.29 is 9.66 Å². The van der Waals surface area contributed by atoms with Gasteiger partial charge >= 0.3 is 0 Å². The monoisotopic (exact) mass is 373 g/mol. The standard InChI is InChI=1S/C19H11N5O4/c20-9-14-17(15(10-21)19(25)23-18(14)22)13-8-12(6-7-16(13)24(26)27)28-11-4-2-1-3-5-11/h1-8H,(H3,22,23,25). The number of nitro groups is 1. The lowest BCUT2D eigenvalue weighted by molar-refractivity contribution is -0.384. The average molecular weight is 373 g/mol. The first kappa shape index (κ1) is 18.2. The number of nitriles is 2. The molecule has 0 aliphatic carbocycles. The molecule has 0 spiro atoms. The van der Waals surface area contributed by atoms with Crippen LogP contribution in [-0.4, -0.2) is 9.91 Å². The molecule has 3 aromatic rings. The van der Waals surface area contributed by atoms with Crippen LogP contribution in [0.2, 0.25) is 0 Å². The van der Waals surface area contributed by atoms with Crippen molar-refractivity contribution in [3.05, 3.63) is 80.1 Å². The van der Waals surface area contributed by atoms with Gasteiger partial charge in [-0.25, -0.2) is 0 Å². The number of para-hydroxylation sites is 1. The third-order valence-corrected chi connectivity index (χ3v) is 3.88. The second-order valence-corrected chi connectivity index (χ2v) is 5.57. The quantitative estimate of drug-likeness (QED) is 0.525. The molecule has 0 aliphatic rings. The number of aromatic amines is 1. The maximum absolute atomic E-state index is 12.1. The highest BCUT2D eigenvalue weighted by atomic mass is 16.6. The van der Waals surface area contributed by atoms with E-state index in [1.54, 1.807) is 42.5 Å². The van der Waals surface area contributed by atoms with Crippen LogP contribution in [0.5, 0.6) is 11.5 Å². The smallest absolute Gasteiger partial charge is 0.277 e. The predicted molar refractivity (Wildman–Crippen MR) is 99.5 cm³/mol. The maximum atomic E-state index is 12.1. The summed E-state index contributed by atoms with van der Waals surface area (Å²) in [5, 5.41) is 30.3. The molecule has 0 bridgehead atoms. The SMILES string of the molecule is N#Cc1c(N)[nH]c(=O)c(C#N)c1-c1cc(Oc2ccccc2)ccc1[N+](=O)[O-]. The van der Waals surface area contributed by atoms with E-state index in [9.17, 15) is 25.4 Å². The molecular weight excluding hydrogens is 362 g/mol. The molecule has 28 heavy (non-hydrogen) atoms. The lowest BCUT2D eigenvalue weighted by Crippen LogP contribution is -2.16. The summed E-state index contributed by atoms with van der Waals surface area (Å²) in [7, 11) is 0. The van der Waals surface area contributed by atoms with Gasteiger partial charge in [0.1, 0.15) is 40.6 Å². The zero-order valence-corrected chi connectivity index (χ0v) is 14.2. The number of hydrogen-bond acceptors (Lipinski definition) is 7. The van der Waals surface area contributed by atoms with E-state index in [2.05, 4.69) is 4.98 Å². The molecule has 2 aromatic carbocycles. The zero-order chi connectivity index (χ0) is 20.3. The van der Waals surface area contributed by atoms with Gasteiger partial charge in [-0.05, 0) is 24.3 Å². The highest BCUT2D eigenvalue weighted by Crippen LogP contribution is 2.38. The van der Waals surface area contributed by atoms with Crippen molar-refractivity contribution in [2.75, 3.05) is 5.73 Å². The van der Waals surface area contributed by atoms with E-state index in [-0.39, 0.29) is 28.3 Å². The van der Waals surface area contributed by atoms with E-state index in [1.165, 1.54) is 18.2 Å². The Labute approximate surface area is 158 Å². The van der Waals surface area contributed by atoms with Gasteiger partial charge in [-0.1, -0.05) is 18.2 Å². The molecule has 0 radical (unpaired) electrons. The van der Waals surface area contributed by atoms with Crippen LogP contribution in [0.4, 0.5) is 11.5 Å². The number of anilines is 1. The van der Waals surface area contributed by atoms with Crippen LogP contribution in [0.15, 0.2) is 53.3 Å². The molecule has 9 heteroatoms. The fourth-order valence-corrected chi connectivity index (χ4v) is 2.68. The van der Waals surface area contributed by atoms with Gasteiger partial charge in [-0.2, -0.15) is 10.5 Å². The Bertz CT molecular complexity index is 1220. The number of benzene rings is 2. The largest absolute Gasteiger partial charge is 0.457 e. The van der Waals surface area contributed by atoms with E-state index in [0.717, 1.165) is 0 Å². The summed E-state index contributed by atoms with van der Waals surface area (Å²) < 4.78 is 5.68. The average Bonchev–Trinajstić information content (AvgIpc) is 2.68. The normalized spacial score (nSPS) is 9.93. The van der Waals surface area contributed by atoms with Crippen LogP contribution < -0.4 is 16.0 Å². The number of rotatable bonds is 4. The molecule has 0 aliphatic heterocycles. The van der Waals surface area contributed by atoms with E-state index >= 15 is 0 Å². The topological polar surface area (TPSA) is 159 Å². The third-order valence-electron chi connectivity index (χ3n) is 3.88. The summed E-state index contributed by atoms with van der Waals surface area (Å²) in [6.45, 7) is 0. The van der Waals surface area contributed by atoms with Crippen molar-refractivity contribution in [2.24, 2.45) is 0 Å². The van der Waals surface area contributed by atoms with Crippen LogP contribution in [0.25, 0.3) is 11.1 Å². The first-order valence-corrected chi connectivity index (χ1v) is 7.84. The van der Waals surface area contributed by atoms with Crippen molar-refractivity contribution in [2.45, 2.75) is 0 Å². The van der Waals surface area contributed by atoms with Crippen LogP contribution in [0.3, 0.4) is 0 Å². The summed E-state index contributed by atoms with van der Waals surface area (Å²) >= 11 is 0. The Morgan fingerprint density at radius 1 is 1.04 bits per heavy atom. The highest BCUT2D eigenvalue weighted by Gasteiger charge is 2.25. The Hall–Kier alpha value is -4.63. The lowest BCUT2D eigenvalue weighted by Gasteiger charge is -2.11. The molecule has 0 unspecified atom stereocenters. The van der Waals surface area contributed by atoms with Gasteiger partial charge < -0.3 is 15.5 Å². The van der Waals surface area contributed by atoms with Crippen molar-refractivity contribution >= 4 is 11.5 Å². The van der Waals surface area contributed by atoms with Gasteiger partial charge in [-0.15, -0.1) is 0 Å². The zero-order valence-electron chi connectivity index (χ0n) is 14.2. The van der Waals surface area contributed by atoms with Gasteiger partial charge in [0.15, 0.2) is 0 Å². The number of nitro benzene ring substituents is 1. The van der Waals surface area contributed by atoms with Gasteiger partial charge in [0, 0.05) is 11.6 Å². The minimum absolute atomic E-state index is 0.121. The first-order valence-electron chi connectivity index (χ1n) is 7.84. The van der Waals surface area contributed by atoms with Crippen LogP contribution in [-0.2, 0) is 0 Å². The number of nitrogens with zero attached hydrogens (tertiary/aromatic N) is 3. The molecule has 3 rings (SSSR count). The molecule has 0 amide bonds. The Morgan fingerprint density at radius 3 is 2.32 bits per heavy atom. The van der Waals surface area contributed by atoms with Crippen LogP contribution in [0.1, 0.15) is 11.1 Å². The molecule has 0 atom stereocenters. The van der Waals surface area contributed by atoms with Gasteiger partial charge in [-0.3, -0.25) is 14.9 Å². The second kappa shape index (κ2) is 7.32. The van der Waals surface area contributed by atoms with Crippen molar-refractivity contribution in [3.63, 3.8) is 0 Å². The number of nitrogens with one attached hydrogen (secondary N) is 1. The summed E-state index contributed by atoms with van der Waals surface area (Å²) in [5.41, 5.74) is 3.41. The fraction of sp³-hybridized carbons (Fsp3) is 0. The van der Waals surface area contributed by atoms with Crippen molar-refractivity contribution in [3.8, 4) is 34.8 Å².